The summed E-state index contributed by atoms with van der Waals surface area (Å²) in [6.07, 6.45) is -13.7. The molecule has 39 heavy (non-hydrogen) atoms. The van der Waals surface area contributed by atoms with Gasteiger partial charge in [0.1, 0.15) is 12.1 Å². The Labute approximate surface area is 219 Å². The number of halogens is 8. The molecule has 0 saturated heterocycles. The second-order valence-corrected chi connectivity index (χ2v) is 8.66. The summed E-state index contributed by atoms with van der Waals surface area (Å²) in [5.41, 5.74) is -2.18. The topological polar surface area (TPSA) is 104 Å². The molecule has 0 fully saturated rings. The number of aromatic nitrogens is 7. The van der Waals surface area contributed by atoms with E-state index in [-0.39, 0.29) is 22.2 Å². The normalized spacial score (nSPS) is 14.0. The number of rotatable bonds is 7. The van der Waals surface area contributed by atoms with E-state index in [1.807, 2.05) is 0 Å². The van der Waals surface area contributed by atoms with Crippen LogP contribution in [0.25, 0.3) is 17.2 Å². The van der Waals surface area contributed by atoms with Crippen molar-refractivity contribution in [3.8, 4) is 17.2 Å². The van der Waals surface area contributed by atoms with Gasteiger partial charge in [0.05, 0.1) is 6.54 Å². The van der Waals surface area contributed by atoms with E-state index in [9.17, 15) is 40.6 Å². The van der Waals surface area contributed by atoms with Crippen LogP contribution >= 0.6 is 11.6 Å². The number of aliphatic hydroxyl groups is 1. The van der Waals surface area contributed by atoms with E-state index in [0.717, 1.165) is 19.2 Å². The third-order valence-corrected chi connectivity index (χ3v) is 5.63. The van der Waals surface area contributed by atoms with Crippen molar-refractivity contribution in [3.05, 3.63) is 75.3 Å². The first-order chi connectivity index (χ1) is 18.2. The van der Waals surface area contributed by atoms with Crippen LogP contribution in [0, 0.1) is 0 Å². The van der Waals surface area contributed by atoms with Gasteiger partial charge >= 0.3 is 18.0 Å². The van der Waals surface area contributed by atoms with Gasteiger partial charge in [0, 0.05) is 16.8 Å². The van der Waals surface area contributed by atoms with Crippen LogP contribution in [0.5, 0.6) is 0 Å². The van der Waals surface area contributed by atoms with Gasteiger partial charge in [0.25, 0.3) is 0 Å². The molecule has 4 rings (SSSR count). The average Bonchev–Trinajstić information content (AvgIpc) is 3.41. The van der Waals surface area contributed by atoms with Gasteiger partial charge in [0.15, 0.2) is 35.6 Å². The van der Waals surface area contributed by atoms with Crippen LogP contribution in [0.15, 0.2) is 47.4 Å². The predicted molar refractivity (Wildman–Crippen MR) is 122 cm³/mol. The second kappa shape index (κ2) is 10.4. The maximum Gasteiger partial charge on any atom is 0.420 e. The molecule has 1 N–H and O–H groups in total. The molecule has 17 heteroatoms. The van der Waals surface area contributed by atoms with Crippen LogP contribution < -0.4 is 5.69 Å². The summed E-state index contributed by atoms with van der Waals surface area (Å²) in [5, 5.41) is 17.8. The first-order valence-corrected chi connectivity index (χ1v) is 11.4. The predicted octanol–water partition coefficient (Wildman–Crippen LogP) is 4.36. The van der Waals surface area contributed by atoms with Crippen LogP contribution in [0.1, 0.15) is 30.3 Å². The Hall–Kier alpha value is -3.79. The third kappa shape index (κ3) is 5.95. The van der Waals surface area contributed by atoms with Gasteiger partial charge in [-0.15, -0.1) is 10.2 Å². The van der Waals surface area contributed by atoms with Crippen LogP contribution in [-0.2, 0) is 19.3 Å². The molecule has 208 valence electrons. The fraction of sp³-hybridized carbons (Fsp3) is 0.318. The van der Waals surface area contributed by atoms with Gasteiger partial charge in [-0.05, 0) is 43.3 Å². The van der Waals surface area contributed by atoms with Crippen molar-refractivity contribution >= 4 is 11.6 Å². The number of hydrogen-bond acceptors (Lipinski definition) is 6. The van der Waals surface area contributed by atoms with Crippen molar-refractivity contribution in [2.75, 3.05) is 0 Å². The molecule has 0 saturated carbocycles. The number of aliphatic hydroxyl groups excluding tert-OH is 1. The highest BCUT2D eigenvalue weighted by Crippen LogP contribution is 2.33. The Morgan fingerprint density at radius 2 is 1.72 bits per heavy atom. The molecule has 0 spiro atoms. The van der Waals surface area contributed by atoms with Crippen molar-refractivity contribution in [1.82, 2.24) is 34.1 Å². The minimum absolute atomic E-state index is 0.171. The molecule has 3 aromatic heterocycles. The first-order valence-electron chi connectivity index (χ1n) is 11.0. The SMILES string of the molecule is CC(F)c1nc(Cn2nc(-c3ccc(Cl)cc3)n(CC(O)C(F)(F)F)c2=O)nn1-c1ncccc1C(F)(F)F. The molecule has 0 amide bonds. The van der Waals surface area contributed by atoms with Gasteiger partial charge in [-0.2, -0.15) is 31.0 Å². The third-order valence-electron chi connectivity index (χ3n) is 5.37. The van der Waals surface area contributed by atoms with E-state index < -0.39 is 60.6 Å². The Bertz CT molecular complexity index is 1530. The summed E-state index contributed by atoms with van der Waals surface area (Å²) in [4.78, 5) is 20.6. The zero-order chi connectivity index (χ0) is 28.7. The minimum Gasteiger partial charge on any atom is -0.382 e. The highest BCUT2D eigenvalue weighted by atomic mass is 35.5. The van der Waals surface area contributed by atoms with E-state index in [1.54, 1.807) is 0 Å². The van der Waals surface area contributed by atoms with Crippen molar-refractivity contribution in [2.24, 2.45) is 0 Å². The molecule has 4 aromatic rings. The summed E-state index contributed by atoms with van der Waals surface area (Å²) in [7, 11) is 0. The molecule has 0 aliphatic carbocycles. The van der Waals surface area contributed by atoms with Crippen LogP contribution in [0.3, 0.4) is 0 Å². The minimum atomic E-state index is -5.05. The maximum absolute atomic E-state index is 14.4. The fourth-order valence-corrected chi connectivity index (χ4v) is 3.69. The largest absolute Gasteiger partial charge is 0.420 e. The fourth-order valence-electron chi connectivity index (χ4n) is 3.57. The van der Waals surface area contributed by atoms with E-state index in [0.29, 0.717) is 20.0 Å². The number of nitrogens with zero attached hydrogens (tertiary/aromatic N) is 7. The Kier molecular flexibility index (Phi) is 7.53. The molecular formula is C22H17ClF7N7O2. The van der Waals surface area contributed by atoms with Gasteiger partial charge in [-0.25, -0.2) is 23.8 Å². The van der Waals surface area contributed by atoms with Gasteiger partial charge in [-0.3, -0.25) is 4.57 Å². The molecule has 2 unspecified atom stereocenters. The number of pyridine rings is 1. The molecule has 2 atom stereocenters. The van der Waals surface area contributed by atoms with Crippen LogP contribution in [-0.4, -0.2) is 51.5 Å². The Morgan fingerprint density at radius 3 is 2.31 bits per heavy atom. The lowest BCUT2D eigenvalue weighted by Crippen LogP contribution is -2.37. The second-order valence-electron chi connectivity index (χ2n) is 8.23. The molecule has 0 bridgehead atoms. The van der Waals surface area contributed by atoms with Crippen LogP contribution in [0.2, 0.25) is 5.02 Å². The van der Waals surface area contributed by atoms with Crippen molar-refractivity contribution in [3.63, 3.8) is 0 Å². The molecule has 1 aromatic carbocycles. The zero-order valence-electron chi connectivity index (χ0n) is 19.6. The van der Waals surface area contributed by atoms with Gasteiger partial charge < -0.3 is 5.11 Å². The van der Waals surface area contributed by atoms with E-state index in [2.05, 4.69) is 20.2 Å². The highest BCUT2D eigenvalue weighted by Gasteiger charge is 2.40. The molecule has 0 radical (unpaired) electrons. The summed E-state index contributed by atoms with van der Waals surface area (Å²) in [6.45, 7) is -0.869. The molecule has 9 nitrogen and oxygen atoms in total. The summed E-state index contributed by atoms with van der Waals surface area (Å²) >= 11 is 5.85. The monoisotopic (exact) mass is 579 g/mol. The summed E-state index contributed by atoms with van der Waals surface area (Å²) in [6, 6.07) is 7.29. The lowest BCUT2D eigenvalue weighted by atomic mass is 10.2. The smallest absolute Gasteiger partial charge is 0.382 e. The zero-order valence-corrected chi connectivity index (χ0v) is 20.4. The highest BCUT2D eigenvalue weighted by molar-refractivity contribution is 6.30. The average molecular weight is 580 g/mol. The number of hydrogen-bond donors (Lipinski definition) is 1. The Morgan fingerprint density at radius 1 is 1.05 bits per heavy atom. The maximum atomic E-state index is 14.4. The lowest BCUT2D eigenvalue weighted by molar-refractivity contribution is -0.207. The summed E-state index contributed by atoms with van der Waals surface area (Å²) < 4.78 is 95.9. The molecular weight excluding hydrogens is 563 g/mol. The molecule has 3 heterocycles. The number of alkyl halides is 7. The lowest BCUT2D eigenvalue weighted by Gasteiger charge is -2.15. The standard InChI is InChI=1S/C22H17ClF7N7O2/c1-11(24)17-32-16(33-37(17)19-14(21(25,26)27)3-2-8-31-19)10-36-20(39)35(9-15(38)22(28,29)30)18(34-36)12-4-6-13(23)7-5-12/h2-8,11,15,38H,9-10H2,1H3. The van der Waals surface area contributed by atoms with Gasteiger partial charge in [0.2, 0.25) is 0 Å². The van der Waals surface area contributed by atoms with E-state index in [4.69, 9.17) is 11.6 Å². The van der Waals surface area contributed by atoms with Crippen LogP contribution in [0.4, 0.5) is 30.7 Å². The molecule has 0 aliphatic heterocycles. The summed E-state index contributed by atoms with van der Waals surface area (Å²) in [5.74, 6) is -1.98. The first kappa shape index (κ1) is 28.2. The van der Waals surface area contributed by atoms with Crippen molar-refractivity contribution in [2.45, 2.75) is 44.6 Å². The number of benzene rings is 1. The van der Waals surface area contributed by atoms with Gasteiger partial charge in [-0.1, -0.05) is 11.6 Å². The van der Waals surface area contributed by atoms with E-state index in [1.165, 1.54) is 24.3 Å². The molecule has 0 aliphatic rings. The van der Waals surface area contributed by atoms with Crippen molar-refractivity contribution in [1.29, 1.82) is 0 Å². The van der Waals surface area contributed by atoms with E-state index >= 15 is 0 Å². The van der Waals surface area contributed by atoms with Crippen molar-refractivity contribution < 1.29 is 35.8 Å². The quantitative estimate of drug-likeness (QED) is 0.326. The Balaban J connectivity index is 1.80.